The van der Waals surface area contributed by atoms with E-state index in [1.165, 1.54) is 0 Å². The Morgan fingerprint density at radius 1 is 1.39 bits per heavy atom. The third-order valence-electron chi connectivity index (χ3n) is 2.80. The molecular formula is C12H26ClN3O2. The Morgan fingerprint density at radius 3 is 2.56 bits per heavy atom. The zero-order valence-electron chi connectivity index (χ0n) is 11.6. The first-order valence-electron chi connectivity index (χ1n) is 6.38. The lowest BCUT2D eigenvalue weighted by Crippen LogP contribution is -2.49. The van der Waals surface area contributed by atoms with E-state index in [4.69, 9.17) is 4.74 Å². The average Bonchev–Trinajstić information content (AvgIpc) is 2.29. The van der Waals surface area contributed by atoms with Crippen molar-refractivity contribution in [2.24, 2.45) is 0 Å². The molecule has 5 nitrogen and oxygen atoms in total. The highest BCUT2D eigenvalue weighted by Gasteiger charge is 2.17. The number of carbonyl (C=O) groups is 1. The number of piperazine rings is 1. The lowest BCUT2D eigenvalue weighted by molar-refractivity contribution is -0.132. The molecule has 0 unspecified atom stereocenters. The predicted molar refractivity (Wildman–Crippen MR) is 75.3 cm³/mol. The minimum Gasteiger partial charge on any atom is -0.377 e. The second-order valence-corrected chi connectivity index (χ2v) is 4.79. The van der Waals surface area contributed by atoms with E-state index in [1.807, 2.05) is 30.7 Å². The quantitative estimate of drug-likeness (QED) is 0.754. The fourth-order valence-electron chi connectivity index (χ4n) is 1.77. The Bertz CT molecular complexity index is 233. The molecule has 0 spiro atoms. The zero-order chi connectivity index (χ0) is 12.7. The third-order valence-corrected chi connectivity index (χ3v) is 2.80. The standard InChI is InChI=1S/C12H25N3O2.ClH/c1-11(2)17-9-8-14(3)10-12(16)15-6-4-13-5-7-15;/h11,13H,4-10H2,1-3H3;1H. The Hall–Kier alpha value is -0.360. The number of amides is 1. The maximum Gasteiger partial charge on any atom is 0.236 e. The molecule has 0 saturated carbocycles. The van der Waals surface area contributed by atoms with Gasteiger partial charge in [0.15, 0.2) is 0 Å². The van der Waals surface area contributed by atoms with Gasteiger partial charge in [0.05, 0.1) is 19.3 Å². The number of carbonyl (C=O) groups excluding carboxylic acids is 1. The van der Waals surface area contributed by atoms with Gasteiger partial charge >= 0.3 is 0 Å². The predicted octanol–water partition coefficient (Wildman–Crippen LogP) is 0.197. The van der Waals surface area contributed by atoms with Crippen LogP contribution in [0.2, 0.25) is 0 Å². The summed E-state index contributed by atoms with van der Waals surface area (Å²) in [5, 5.41) is 3.24. The molecule has 1 aliphatic rings. The van der Waals surface area contributed by atoms with Crippen molar-refractivity contribution in [3.8, 4) is 0 Å². The molecule has 0 bridgehead atoms. The monoisotopic (exact) mass is 279 g/mol. The molecule has 1 saturated heterocycles. The van der Waals surface area contributed by atoms with Crippen LogP contribution in [0.25, 0.3) is 0 Å². The third kappa shape index (κ3) is 7.16. The number of hydrogen-bond donors (Lipinski definition) is 1. The normalized spacial score (nSPS) is 15.9. The van der Waals surface area contributed by atoms with E-state index < -0.39 is 0 Å². The van der Waals surface area contributed by atoms with Crippen LogP contribution in [0.4, 0.5) is 0 Å². The summed E-state index contributed by atoms with van der Waals surface area (Å²) in [6, 6.07) is 0. The molecule has 0 aromatic rings. The molecule has 1 fully saturated rings. The Morgan fingerprint density at radius 2 is 2.00 bits per heavy atom. The van der Waals surface area contributed by atoms with E-state index in [9.17, 15) is 4.79 Å². The minimum atomic E-state index is 0. The maximum absolute atomic E-state index is 11.9. The van der Waals surface area contributed by atoms with Crippen molar-refractivity contribution >= 4 is 18.3 Å². The van der Waals surface area contributed by atoms with E-state index in [2.05, 4.69) is 5.32 Å². The smallest absolute Gasteiger partial charge is 0.236 e. The molecule has 1 rings (SSSR count). The second-order valence-electron chi connectivity index (χ2n) is 4.79. The van der Waals surface area contributed by atoms with Crippen LogP contribution < -0.4 is 5.32 Å². The van der Waals surface area contributed by atoms with Crippen LogP contribution >= 0.6 is 12.4 Å². The molecule has 6 heteroatoms. The van der Waals surface area contributed by atoms with Crippen LogP contribution in [0.5, 0.6) is 0 Å². The summed E-state index contributed by atoms with van der Waals surface area (Å²) in [6.45, 7) is 9.49. The van der Waals surface area contributed by atoms with Gasteiger partial charge in [-0.05, 0) is 20.9 Å². The molecule has 18 heavy (non-hydrogen) atoms. The molecule has 0 atom stereocenters. The van der Waals surface area contributed by atoms with Gasteiger partial charge < -0.3 is 15.0 Å². The minimum absolute atomic E-state index is 0. The highest BCUT2D eigenvalue weighted by Crippen LogP contribution is 1.96. The van der Waals surface area contributed by atoms with Crippen molar-refractivity contribution in [3.63, 3.8) is 0 Å². The van der Waals surface area contributed by atoms with Crippen molar-refractivity contribution in [1.82, 2.24) is 15.1 Å². The number of nitrogens with zero attached hydrogens (tertiary/aromatic N) is 2. The van der Waals surface area contributed by atoms with Crippen molar-refractivity contribution in [3.05, 3.63) is 0 Å². The van der Waals surface area contributed by atoms with Gasteiger partial charge in [-0.25, -0.2) is 0 Å². The summed E-state index contributed by atoms with van der Waals surface area (Å²) >= 11 is 0. The van der Waals surface area contributed by atoms with Crippen LogP contribution in [0, 0.1) is 0 Å². The van der Waals surface area contributed by atoms with Gasteiger partial charge in [-0.1, -0.05) is 0 Å². The Kier molecular flexibility index (Phi) is 9.36. The lowest BCUT2D eigenvalue weighted by Gasteiger charge is -2.29. The lowest BCUT2D eigenvalue weighted by atomic mass is 10.3. The Balaban J connectivity index is 0.00000289. The van der Waals surface area contributed by atoms with Gasteiger partial charge in [-0.2, -0.15) is 0 Å². The number of hydrogen-bond acceptors (Lipinski definition) is 4. The van der Waals surface area contributed by atoms with E-state index in [1.54, 1.807) is 0 Å². The average molecular weight is 280 g/mol. The molecule has 0 aromatic heterocycles. The summed E-state index contributed by atoms with van der Waals surface area (Å²) in [7, 11) is 1.96. The molecule has 0 aliphatic carbocycles. The summed E-state index contributed by atoms with van der Waals surface area (Å²) < 4.78 is 5.46. The molecular weight excluding hydrogens is 254 g/mol. The van der Waals surface area contributed by atoms with Crippen molar-refractivity contribution < 1.29 is 9.53 Å². The molecule has 0 aromatic carbocycles. The van der Waals surface area contributed by atoms with E-state index in [0.717, 1.165) is 32.7 Å². The summed E-state index contributed by atoms with van der Waals surface area (Å²) in [5.41, 5.74) is 0. The molecule has 1 heterocycles. The first-order chi connectivity index (χ1) is 8.09. The fraction of sp³-hybridized carbons (Fsp3) is 0.917. The number of rotatable bonds is 6. The van der Waals surface area contributed by atoms with Crippen LogP contribution in [0.15, 0.2) is 0 Å². The number of likely N-dealkylation sites (N-methyl/N-ethyl adjacent to an activating group) is 1. The number of ether oxygens (including phenoxy) is 1. The van der Waals surface area contributed by atoms with Crippen molar-refractivity contribution in [1.29, 1.82) is 0 Å². The first kappa shape index (κ1) is 17.6. The molecule has 1 amide bonds. The molecule has 1 aliphatic heterocycles. The largest absolute Gasteiger partial charge is 0.377 e. The van der Waals surface area contributed by atoms with Gasteiger partial charge in [0.2, 0.25) is 5.91 Å². The van der Waals surface area contributed by atoms with E-state index in [0.29, 0.717) is 13.2 Å². The second kappa shape index (κ2) is 9.55. The summed E-state index contributed by atoms with van der Waals surface area (Å²) in [5.74, 6) is 0.221. The van der Waals surface area contributed by atoms with Gasteiger partial charge in [0.1, 0.15) is 0 Å². The molecule has 108 valence electrons. The van der Waals surface area contributed by atoms with Crippen molar-refractivity contribution in [2.75, 3.05) is 52.9 Å². The SMILES string of the molecule is CC(C)OCCN(C)CC(=O)N1CCNCC1.Cl. The van der Waals surface area contributed by atoms with Crippen LogP contribution in [-0.4, -0.2) is 74.7 Å². The Labute approximate surface area is 116 Å². The first-order valence-corrected chi connectivity index (χ1v) is 6.38. The van der Waals surface area contributed by atoms with Gasteiger partial charge in [0, 0.05) is 32.7 Å². The topological polar surface area (TPSA) is 44.8 Å². The zero-order valence-corrected chi connectivity index (χ0v) is 12.5. The fourth-order valence-corrected chi connectivity index (χ4v) is 1.77. The van der Waals surface area contributed by atoms with Gasteiger partial charge in [-0.3, -0.25) is 9.69 Å². The maximum atomic E-state index is 11.9. The molecule has 0 radical (unpaired) electrons. The molecule has 1 N–H and O–H groups in total. The van der Waals surface area contributed by atoms with Crippen LogP contribution in [0.1, 0.15) is 13.8 Å². The van der Waals surface area contributed by atoms with Gasteiger partial charge in [0.25, 0.3) is 0 Å². The van der Waals surface area contributed by atoms with Crippen LogP contribution in [0.3, 0.4) is 0 Å². The van der Waals surface area contributed by atoms with E-state index in [-0.39, 0.29) is 24.4 Å². The summed E-state index contributed by atoms with van der Waals surface area (Å²) in [4.78, 5) is 15.9. The number of halogens is 1. The van der Waals surface area contributed by atoms with E-state index >= 15 is 0 Å². The van der Waals surface area contributed by atoms with Crippen LogP contribution in [-0.2, 0) is 9.53 Å². The highest BCUT2D eigenvalue weighted by atomic mass is 35.5. The highest BCUT2D eigenvalue weighted by molar-refractivity contribution is 5.85. The van der Waals surface area contributed by atoms with Gasteiger partial charge in [-0.15, -0.1) is 12.4 Å². The summed E-state index contributed by atoms with van der Waals surface area (Å²) in [6.07, 6.45) is 0.257. The number of nitrogens with one attached hydrogen (secondary N) is 1. The van der Waals surface area contributed by atoms with Crippen molar-refractivity contribution in [2.45, 2.75) is 20.0 Å².